The van der Waals surface area contributed by atoms with Gasteiger partial charge in [0.05, 0.1) is 5.60 Å². The van der Waals surface area contributed by atoms with E-state index in [1.807, 2.05) is 27.7 Å². The summed E-state index contributed by atoms with van der Waals surface area (Å²) in [5.74, 6) is 0.460. The Labute approximate surface area is 82.5 Å². The van der Waals surface area contributed by atoms with E-state index in [-0.39, 0.29) is 0 Å². The van der Waals surface area contributed by atoms with Crippen molar-refractivity contribution in [3.05, 3.63) is 0 Å². The Hall–Kier alpha value is -0.0800. The molecule has 0 spiro atoms. The molecule has 0 aromatic heterocycles. The first-order valence-corrected chi connectivity index (χ1v) is 5.48. The van der Waals surface area contributed by atoms with E-state index in [4.69, 9.17) is 5.73 Å². The number of rotatable bonds is 1. The highest BCUT2D eigenvalue weighted by molar-refractivity contribution is 4.83. The third kappa shape index (κ3) is 4.63. The van der Waals surface area contributed by atoms with Gasteiger partial charge in [-0.05, 0) is 45.4 Å². The van der Waals surface area contributed by atoms with Crippen LogP contribution in [0.4, 0.5) is 0 Å². The molecule has 3 N–H and O–H groups in total. The maximum absolute atomic E-state index is 9.69. The van der Waals surface area contributed by atoms with Crippen molar-refractivity contribution < 1.29 is 5.11 Å². The molecule has 1 rings (SSSR count). The largest absolute Gasteiger partial charge is 0.390 e. The fraction of sp³-hybridized carbons (Fsp3) is 1.00. The maximum Gasteiger partial charge on any atom is 0.0619 e. The maximum atomic E-state index is 9.69. The zero-order valence-electron chi connectivity index (χ0n) is 9.51. The summed E-state index contributed by atoms with van der Waals surface area (Å²) in [7, 11) is 0. The zero-order valence-corrected chi connectivity index (χ0v) is 9.51. The van der Waals surface area contributed by atoms with Gasteiger partial charge in [0.2, 0.25) is 0 Å². The molecule has 0 radical (unpaired) electrons. The molecular formula is C11H25NO. The van der Waals surface area contributed by atoms with Gasteiger partial charge < -0.3 is 10.8 Å². The van der Waals surface area contributed by atoms with Crippen LogP contribution in [0.1, 0.15) is 53.4 Å². The van der Waals surface area contributed by atoms with Gasteiger partial charge >= 0.3 is 0 Å². The first-order valence-electron chi connectivity index (χ1n) is 5.48. The van der Waals surface area contributed by atoms with E-state index in [0.717, 1.165) is 25.7 Å². The van der Waals surface area contributed by atoms with Gasteiger partial charge in [0, 0.05) is 6.04 Å². The molecule has 0 aromatic rings. The lowest BCUT2D eigenvalue weighted by Crippen LogP contribution is -2.37. The fourth-order valence-electron chi connectivity index (χ4n) is 1.83. The van der Waals surface area contributed by atoms with Crippen LogP contribution in [0.15, 0.2) is 0 Å². The molecule has 0 aromatic carbocycles. The van der Waals surface area contributed by atoms with Crippen LogP contribution in [0.3, 0.4) is 0 Å². The zero-order chi connectivity index (χ0) is 10.5. The van der Waals surface area contributed by atoms with Gasteiger partial charge in [-0.2, -0.15) is 0 Å². The van der Waals surface area contributed by atoms with E-state index < -0.39 is 5.60 Å². The van der Waals surface area contributed by atoms with Crippen LogP contribution in [0, 0.1) is 5.92 Å². The smallest absolute Gasteiger partial charge is 0.0619 e. The van der Waals surface area contributed by atoms with Crippen molar-refractivity contribution in [1.82, 2.24) is 0 Å². The highest BCUT2D eigenvalue weighted by Crippen LogP contribution is 2.31. The van der Waals surface area contributed by atoms with Crippen molar-refractivity contribution in [2.24, 2.45) is 11.7 Å². The molecule has 1 aliphatic carbocycles. The van der Waals surface area contributed by atoms with Crippen molar-refractivity contribution in [2.45, 2.75) is 65.0 Å². The predicted octanol–water partition coefficient (Wildman–Crippen LogP) is 2.30. The summed E-state index contributed by atoms with van der Waals surface area (Å²) in [5.41, 5.74) is 5.26. The van der Waals surface area contributed by atoms with Crippen molar-refractivity contribution in [3.63, 3.8) is 0 Å². The van der Waals surface area contributed by atoms with Crippen LogP contribution in [-0.2, 0) is 0 Å². The molecule has 0 atom stereocenters. The highest BCUT2D eigenvalue weighted by atomic mass is 16.3. The molecule has 0 saturated heterocycles. The summed E-state index contributed by atoms with van der Waals surface area (Å²) in [5, 5.41) is 9.69. The summed E-state index contributed by atoms with van der Waals surface area (Å²) in [6.07, 6.45) is 4.33. The summed E-state index contributed by atoms with van der Waals surface area (Å²) in [6.45, 7) is 7.79. The molecule has 13 heavy (non-hydrogen) atoms. The fourth-order valence-corrected chi connectivity index (χ4v) is 1.83. The Morgan fingerprint density at radius 3 is 1.77 bits per heavy atom. The van der Waals surface area contributed by atoms with Gasteiger partial charge in [0.25, 0.3) is 0 Å². The van der Waals surface area contributed by atoms with Crippen LogP contribution in [0.25, 0.3) is 0 Å². The predicted molar refractivity (Wildman–Crippen MR) is 57.6 cm³/mol. The van der Waals surface area contributed by atoms with Gasteiger partial charge in [-0.25, -0.2) is 0 Å². The van der Waals surface area contributed by atoms with Gasteiger partial charge in [-0.1, -0.05) is 13.8 Å². The molecule has 1 saturated carbocycles. The minimum absolute atomic E-state index is 0.383. The minimum atomic E-state index is -0.500. The van der Waals surface area contributed by atoms with Crippen LogP contribution in [0.2, 0.25) is 0 Å². The van der Waals surface area contributed by atoms with E-state index >= 15 is 0 Å². The van der Waals surface area contributed by atoms with E-state index in [9.17, 15) is 5.11 Å². The number of hydrogen-bond donors (Lipinski definition) is 2. The lowest BCUT2D eigenvalue weighted by atomic mass is 9.77. The lowest BCUT2D eigenvalue weighted by molar-refractivity contribution is -0.00116. The van der Waals surface area contributed by atoms with Crippen molar-refractivity contribution in [3.8, 4) is 0 Å². The third-order valence-corrected chi connectivity index (χ3v) is 2.77. The molecule has 0 aliphatic heterocycles. The van der Waals surface area contributed by atoms with E-state index in [2.05, 4.69) is 0 Å². The topological polar surface area (TPSA) is 46.2 Å². The molecule has 0 heterocycles. The molecule has 80 valence electrons. The van der Waals surface area contributed by atoms with E-state index in [1.54, 1.807) is 0 Å². The molecule has 1 aliphatic rings. The van der Waals surface area contributed by atoms with Gasteiger partial charge in [0.15, 0.2) is 0 Å². The average Bonchev–Trinajstić information content (AvgIpc) is 2.07. The number of nitrogens with two attached hydrogens (primary N) is 1. The standard InChI is InChI=1S/C9H19NO.C2H6/c1-9(2,11)7-3-5-8(10)6-4-7;1-2/h7-8,11H,3-6,10H2,1-2H3;1-2H3. The Bertz CT molecular complexity index is 121. The SMILES string of the molecule is CC.CC(C)(O)C1CCC(N)CC1. The molecular weight excluding hydrogens is 162 g/mol. The first kappa shape index (κ1) is 12.9. The van der Waals surface area contributed by atoms with Crippen LogP contribution in [-0.4, -0.2) is 16.7 Å². The lowest BCUT2D eigenvalue weighted by Gasteiger charge is -2.34. The molecule has 1 fully saturated rings. The van der Waals surface area contributed by atoms with Gasteiger partial charge in [-0.3, -0.25) is 0 Å². The summed E-state index contributed by atoms with van der Waals surface area (Å²) in [6, 6.07) is 0.383. The van der Waals surface area contributed by atoms with Gasteiger partial charge in [-0.15, -0.1) is 0 Å². The van der Waals surface area contributed by atoms with Crippen LogP contribution >= 0.6 is 0 Å². The average molecular weight is 187 g/mol. The second kappa shape index (κ2) is 5.61. The Morgan fingerprint density at radius 1 is 1.08 bits per heavy atom. The van der Waals surface area contributed by atoms with Crippen molar-refractivity contribution >= 4 is 0 Å². The Morgan fingerprint density at radius 2 is 1.46 bits per heavy atom. The van der Waals surface area contributed by atoms with Crippen molar-refractivity contribution in [1.29, 1.82) is 0 Å². The number of hydrogen-bond acceptors (Lipinski definition) is 2. The summed E-state index contributed by atoms with van der Waals surface area (Å²) >= 11 is 0. The second-order valence-electron chi connectivity index (χ2n) is 4.27. The number of aliphatic hydroxyl groups is 1. The first-order chi connectivity index (χ1) is 6.00. The van der Waals surface area contributed by atoms with E-state index in [0.29, 0.717) is 12.0 Å². The Balaban J connectivity index is 0.000000671. The second-order valence-corrected chi connectivity index (χ2v) is 4.27. The molecule has 2 heteroatoms. The molecule has 0 bridgehead atoms. The molecule has 2 nitrogen and oxygen atoms in total. The minimum Gasteiger partial charge on any atom is -0.390 e. The normalized spacial score (nSPS) is 29.1. The molecule has 0 amide bonds. The van der Waals surface area contributed by atoms with Gasteiger partial charge in [0.1, 0.15) is 0 Å². The van der Waals surface area contributed by atoms with Crippen LogP contribution < -0.4 is 5.73 Å². The van der Waals surface area contributed by atoms with Crippen molar-refractivity contribution in [2.75, 3.05) is 0 Å². The monoisotopic (exact) mass is 187 g/mol. The van der Waals surface area contributed by atoms with Crippen LogP contribution in [0.5, 0.6) is 0 Å². The summed E-state index contributed by atoms with van der Waals surface area (Å²) < 4.78 is 0. The highest BCUT2D eigenvalue weighted by Gasteiger charge is 2.29. The third-order valence-electron chi connectivity index (χ3n) is 2.77. The quantitative estimate of drug-likeness (QED) is 0.661. The summed E-state index contributed by atoms with van der Waals surface area (Å²) in [4.78, 5) is 0. The van der Waals surface area contributed by atoms with E-state index in [1.165, 1.54) is 0 Å². The molecule has 0 unspecified atom stereocenters. The Kier molecular flexibility index (Phi) is 5.57.